The van der Waals surface area contributed by atoms with Gasteiger partial charge >= 0.3 is 6.09 Å². The van der Waals surface area contributed by atoms with Crippen LogP contribution in [-0.4, -0.2) is 66.9 Å². The average Bonchev–Trinajstić information content (AvgIpc) is 3.35. The number of aromatic nitrogens is 1. The summed E-state index contributed by atoms with van der Waals surface area (Å²) >= 11 is 0. The molecule has 176 valence electrons. The van der Waals surface area contributed by atoms with Crippen molar-refractivity contribution >= 4 is 29.2 Å². The highest BCUT2D eigenvalue weighted by Crippen LogP contribution is 2.29. The lowest BCUT2D eigenvalue weighted by atomic mass is 10.1. The van der Waals surface area contributed by atoms with E-state index in [-0.39, 0.29) is 37.8 Å². The van der Waals surface area contributed by atoms with E-state index in [4.69, 9.17) is 14.1 Å². The largest absolute Gasteiger partial charge is 0.444 e. The summed E-state index contributed by atoms with van der Waals surface area (Å²) in [7, 11) is 0. The van der Waals surface area contributed by atoms with Crippen LogP contribution in [0.1, 0.15) is 25.5 Å². The van der Waals surface area contributed by atoms with Crippen LogP contribution in [0.25, 0.3) is 0 Å². The number of hydrogen-bond donors (Lipinski definition) is 0. The Morgan fingerprint density at radius 1 is 1.21 bits per heavy atom. The molecule has 0 radical (unpaired) electrons. The molecular weight excluding hydrogens is 435 g/mol. The number of carbonyl (C=O) groups is 3. The van der Waals surface area contributed by atoms with Crippen LogP contribution in [0.4, 0.5) is 20.6 Å². The number of cyclic esters (lactones) is 1. The lowest BCUT2D eigenvalue weighted by Gasteiger charge is -2.24. The molecule has 2 aliphatic rings. The first-order chi connectivity index (χ1) is 15.9. The summed E-state index contributed by atoms with van der Waals surface area (Å²) in [4.78, 5) is 44.5. The molecule has 0 saturated carbocycles. The van der Waals surface area contributed by atoms with Crippen LogP contribution in [0, 0.1) is 5.82 Å². The Balaban J connectivity index is 1.37. The highest BCUT2D eigenvalue weighted by atomic mass is 19.1. The Labute approximate surface area is 189 Å². The van der Waals surface area contributed by atoms with Crippen molar-refractivity contribution in [1.29, 1.82) is 0 Å². The maximum Gasteiger partial charge on any atom is 0.414 e. The van der Waals surface area contributed by atoms with Gasteiger partial charge in [-0.25, -0.2) is 14.2 Å². The lowest BCUT2D eigenvalue weighted by Crippen LogP contribution is -2.35. The molecular formula is C22H25FN4O6. The van der Waals surface area contributed by atoms with E-state index in [0.29, 0.717) is 43.0 Å². The van der Waals surface area contributed by atoms with Gasteiger partial charge in [-0.3, -0.25) is 14.5 Å². The van der Waals surface area contributed by atoms with Crippen molar-refractivity contribution in [2.75, 3.05) is 42.6 Å². The predicted octanol–water partition coefficient (Wildman–Crippen LogP) is 2.33. The Hall–Kier alpha value is -3.47. The molecule has 11 heteroatoms. The zero-order chi connectivity index (χ0) is 23.4. The minimum Gasteiger partial charge on any atom is -0.444 e. The van der Waals surface area contributed by atoms with E-state index >= 15 is 4.39 Å². The molecule has 1 atom stereocenters. The van der Waals surface area contributed by atoms with Crippen molar-refractivity contribution in [2.45, 2.75) is 32.3 Å². The Kier molecular flexibility index (Phi) is 6.87. The Morgan fingerprint density at radius 2 is 2.06 bits per heavy atom. The number of benzene rings is 1. The first-order valence-corrected chi connectivity index (χ1v) is 10.8. The van der Waals surface area contributed by atoms with E-state index in [2.05, 4.69) is 5.16 Å². The molecule has 1 aromatic carbocycles. The molecule has 2 saturated heterocycles. The number of amides is 2. The molecule has 3 heterocycles. The normalized spacial score (nSPS) is 18.9. The number of hydrogen-bond acceptors (Lipinski definition) is 8. The number of Topliss-reactive ketones (excluding diaryl/α,β-unsaturated/α-hetero) is 1. The third-order valence-corrected chi connectivity index (χ3v) is 5.56. The molecule has 2 amide bonds. The summed E-state index contributed by atoms with van der Waals surface area (Å²) in [5.74, 6) is -0.719. The van der Waals surface area contributed by atoms with Gasteiger partial charge in [0.25, 0.3) is 5.91 Å². The Bertz CT molecular complexity index is 1010. The van der Waals surface area contributed by atoms with Gasteiger partial charge < -0.3 is 19.0 Å². The van der Waals surface area contributed by atoms with E-state index in [1.54, 1.807) is 23.1 Å². The maximum absolute atomic E-state index is 15.0. The molecule has 2 aliphatic heterocycles. The van der Waals surface area contributed by atoms with Crippen molar-refractivity contribution in [3.8, 4) is 0 Å². The zero-order valence-electron chi connectivity index (χ0n) is 18.2. The number of carbonyl (C=O) groups excluding carboxylic acids is 3. The number of ether oxygens (including phenoxy) is 1. The summed E-state index contributed by atoms with van der Waals surface area (Å²) < 4.78 is 25.0. The van der Waals surface area contributed by atoms with E-state index < -0.39 is 18.0 Å². The van der Waals surface area contributed by atoms with Crippen molar-refractivity contribution < 1.29 is 32.9 Å². The molecule has 10 nitrogen and oxygen atoms in total. The van der Waals surface area contributed by atoms with Gasteiger partial charge in [0, 0.05) is 25.6 Å². The van der Waals surface area contributed by atoms with Gasteiger partial charge in [0.2, 0.25) is 0 Å². The van der Waals surface area contributed by atoms with Crippen molar-refractivity contribution in [1.82, 2.24) is 10.2 Å². The van der Waals surface area contributed by atoms with Gasteiger partial charge in [0.1, 0.15) is 24.0 Å². The molecule has 4 rings (SSSR count). The summed E-state index contributed by atoms with van der Waals surface area (Å²) in [6.07, 6.45) is 1.27. The molecule has 0 aliphatic carbocycles. The van der Waals surface area contributed by atoms with E-state index in [0.717, 1.165) is 0 Å². The monoisotopic (exact) mass is 460 g/mol. The van der Waals surface area contributed by atoms with Gasteiger partial charge in [-0.05, 0) is 31.5 Å². The van der Waals surface area contributed by atoms with Crippen LogP contribution < -0.4 is 9.80 Å². The molecule has 0 unspecified atom stereocenters. The Morgan fingerprint density at radius 3 is 2.79 bits per heavy atom. The second kappa shape index (κ2) is 9.99. The first kappa shape index (κ1) is 22.7. The van der Waals surface area contributed by atoms with Crippen LogP contribution in [0.2, 0.25) is 0 Å². The first-order valence-electron chi connectivity index (χ1n) is 10.8. The number of halogens is 1. The number of hydroxylamine groups is 2. The van der Waals surface area contributed by atoms with Gasteiger partial charge in [0.05, 0.1) is 43.2 Å². The fourth-order valence-electron chi connectivity index (χ4n) is 3.83. The zero-order valence-corrected chi connectivity index (χ0v) is 18.2. The number of ketones is 1. The molecule has 1 aromatic heterocycles. The second-order valence-corrected chi connectivity index (χ2v) is 7.98. The molecule has 0 N–H and O–H groups in total. The molecule has 0 spiro atoms. The minimum absolute atomic E-state index is 0.0275. The quantitative estimate of drug-likeness (QED) is 0.620. The molecule has 0 bridgehead atoms. The van der Waals surface area contributed by atoms with Gasteiger partial charge in [-0.15, -0.1) is 0 Å². The fourth-order valence-corrected chi connectivity index (χ4v) is 3.83. The minimum atomic E-state index is -0.555. The molecule has 33 heavy (non-hydrogen) atoms. The molecule has 2 aromatic rings. The lowest BCUT2D eigenvalue weighted by molar-refractivity contribution is -0.181. The standard InChI is InChI=1S/C22H25FN4O6/c1-15(28)2-4-18-14-26(22(30)33-18)17-3-5-20(19(23)13-17)25-7-8-27(32-11-9-25)21(29)12-16-6-10-31-24-16/h3,5-6,10,13,18H,2,4,7-9,11-12,14H2,1H3/t18-/m0/s1. The van der Waals surface area contributed by atoms with E-state index in [1.165, 1.54) is 29.2 Å². The van der Waals surface area contributed by atoms with Crippen LogP contribution >= 0.6 is 0 Å². The topological polar surface area (TPSA) is 105 Å². The van der Waals surface area contributed by atoms with E-state index in [9.17, 15) is 14.4 Å². The second-order valence-electron chi connectivity index (χ2n) is 7.98. The number of rotatable bonds is 7. The van der Waals surface area contributed by atoms with Crippen LogP contribution in [0.5, 0.6) is 0 Å². The highest BCUT2D eigenvalue weighted by Gasteiger charge is 2.33. The van der Waals surface area contributed by atoms with Crippen molar-refractivity contribution in [2.24, 2.45) is 0 Å². The van der Waals surface area contributed by atoms with Crippen LogP contribution in [0.15, 0.2) is 35.1 Å². The summed E-state index contributed by atoms with van der Waals surface area (Å²) in [5.41, 5.74) is 1.26. The van der Waals surface area contributed by atoms with Gasteiger partial charge in [-0.1, -0.05) is 5.16 Å². The maximum atomic E-state index is 15.0. The SMILES string of the molecule is CC(=O)CC[C@H]1CN(c2ccc(N3CCON(C(=O)Cc4ccon4)CC3)c(F)c2)C(=O)O1. The smallest absolute Gasteiger partial charge is 0.414 e. The summed E-state index contributed by atoms with van der Waals surface area (Å²) in [6.45, 7) is 2.99. The summed E-state index contributed by atoms with van der Waals surface area (Å²) in [6, 6.07) is 6.17. The third kappa shape index (κ3) is 5.48. The molecule has 2 fully saturated rings. The average molecular weight is 460 g/mol. The van der Waals surface area contributed by atoms with Crippen LogP contribution in [0.3, 0.4) is 0 Å². The highest BCUT2D eigenvalue weighted by molar-refractivity contribution is 5.90. The third-order valence-electron chi connectivity index (χ3n) is 5.56. The van der Waals surface area contributed by atoms with E-state index in [1.807, 2.05) is 0 Å². The summed E-state index contributed by atoms with van der Waals surface area (Å²) in [5, 5.41) is 4.99. The fraction of sp³-hybridized carbons (Fsp3) is 0.455. The number of nitrogens with zero attached hydrogens (tertiary/aromatic N) is 4. The van der Waals surface area contributed by atoms with Crippen molar-refractivity contribution in [3.63, 3.8) is 0 Å². The predicted molar refractivity (Wildman–Crippen MR) is 114 cm³/mol. The van der Waals surface area contributed by atoms with Crippen LogP contribution in [-0.2, 0) is 25.6 Å². The van der Waals surface area contributed by atoms with Crippen molar-refractivity contribution in [3.05, 3.63) is 42.0 Å². The van der Waals surface area contributed by atoms with Gasteiger partial charge in [-0.2, -0.15) is 0 Å². The van der Waals surface area contributed by atoms with Gasteiger partial charge in [0.15, 0.2) is 0 Å². The number of anilines is 2.